The van der Waals surface area contributed by atoms with E-state index < -0.39 is 17.8 Å². The number of ketones is 1. The van der Waals surface area contributed by atoms with E-state index in [1.807, 2.05) is 0 Å². The molecule has 1 rings (SSSR count). The van der Waals surface area contributed by atoms with Gasteiger partial charge in [-0.1, -0.05) is 0 Å². The molecule has 0 spiro atoms. The first kappa shape index (κ1) is 13.0. The highest BCUT2D eigenvalue weighted by Crippen LogP contribution is 2.15. The number of carbonyl (C=O) groups excluding carboxylic acids is 2. The van der Waals surface area contributed by atoms with Crippen LogP contribution >= 0.6 is 0 Å². The Bertz CT molecular complexity index is 282. The summed E-state index contributed by atoms with van der Waals surface area (Å²) >= 11 is 0. The van der Waals surface area contributed by atoms with Crippen LogP contribution in [0.15, 0.2) is 0 Å². The second kappa shape index (κ2) is 4.82. The Balaban J connectivity index is 2.47. The lowest BCUT2D eigenvalue weighted by atomic mass is 10.1. The highest BCUT2D eigenvalue weighted by molar-refractivity contribution is 5.82. The Kier molecular flexibility index (Phi) is 3.91. The fourth-order valence-corrected chi connectivity index (χ4v) is 1.60. The van der Waals surface area contributed by atoms with Crippen LogP contribution in [0.4, 0.5) is 4.79 Å². The number of nitrogens with one attached hydrogen (secondary N) is 1. The van der Waals surface area contributed by atoms with Crippen LogP contribution in [0.3, 0.4) is 0 Å². The molecule has 0 aromatic rings. The first-order valence-corrected chi connectivity index (χ1v) is 5.41. The summed E-state index contributed by atoms with van der Waals surface area (Å²) in [5.41, 5.74) is -0.532. The fraction of sp³-hybridized carbons (Fsp3) is 0.818. The predicted octanol–water partition coefficient (Wildman–Crippen LogP) is 1.26. The molecule has 1 fully saturated rings. The topological polar surface area (TPSA) is 64.6 Å². The molecule has 1 N–H and O–H groups in total. The van der Waals surface area contributed by atoms with Gasteiger partial charge in [0.15, 0.2) is 5.78 Å². The van der Waals surface area contributed by atoms with Gasteiger partial charge in [-0.15, -0.1) is 0 Å². The smallest absolute Gasteiger partial charge is 0.407 e. The van der Waals surface area contributed by atoms with E-state index in [0.717, 1.165) is 0 Å². The summed E-state index contributed by atoms with van der Waals surface area (Å²) in [6.45, 7) is 7.32. The Morgan fingerprint density at radius 3 is 2.50 bits per heavy atom. The van der Waals surface area contributed by atoms with Gasteiger partial charge in [-0.25, -0.2) is 4.79 Å². The SMILES string of the molecule is CC(=O)[C@H]1OCC[C@H]1NC(=O)OC(C)(C)C. The molecule has 16 heavy (non-hydrogen) atoms. The molecular formula is C11H19NO4. The first-order chi connectivity index (χ1) is 7.29. The average Bonchev–Trinajstić information content (AvgIpc) is 2.47. The molecule has 0 bridgehead atoms. The van der Waals surface area contributed by atoms with Crippen LogP contribution in [0.2, 0.25) is 0 Å². The zero-order valence-corrected chi connectivity index (χ0v) is 10.2. The quantitative estimate of drug-likeness (QED) is 0.774. The summed E-state index contributed by atoms with van der Waals surface area (Å²) in [6.07, 6.45) is -0.398. The summed E-state index contributed by atoms with van der Waals surface area (Å²) in [4.78, 5) is 22.7. The van der Waals surface area contributed by atoms with Crippen molar-refractivity contribution in [3.05, 3.63) is 0 Å². The van der Waals surface area contributed by atoms with Gasteiger partial charge in [0, 0.05) is 6.61 Å². The normalized spacial score (nSPS) is 25.2. The van der Waals surface area contributed by atoms with Crippen LogP contribution < -0.4 is 5.32 Å². The van der Waals surface area contributed by atoms with Gasteiger partial charge in [0.25, 0.3) is 0 Å². The van der Waals surface area contributed by atoms with E-state index in [9.17, 15) is 9.59 Å². The monoisotopic (exact) mass is 229 g/mol. The molecule has 0 unspecified atom stereocenters. The predicted molar refractivity (Wildman–Crippen MR) is 58.2 cm³/mol. The minimum atomic E-state index is -0.535. The average molecular weight is 229 g/mol. The first-order valence-electron chi connectivity index (χ1n) is 5.41. The Labute approximate surface area is 95.5 Å². The zero-order chi connectivity index (χ0) is 12.3. The molecule has 1 saturated heterocycles. The zero-order valence-electron chi connectivity index (χ0n) is 10.2. The van der Waals surface area contributed by atoms with Gasteiger partial charge in [-0.3, -0.25) is 4.79 Å². The number of hydrogen-bond donors (Lipinski definition) is 1. The van der Waals surface area contributed by atoms with Crippen LogP contribution in [0.25, 0.3) is 0 Å². The second-order valence-electron chi connectivity index (χ2n) is 4.94. The Morgan fingerprint density at radius 2 is 2.00 bits per heavy atom. The standard InChI is InChI=1S/C11H19NO4/c1-7(13)9-8(5-6-15-9)12-10(14)16-11(2,3)4/h8-9H,5-6H2,1-4H3,(H,12,14)/t8-,9-/m1/s1. The number of rotatable bonds is 2. The van der Waals surface area contributed by atoms with Crippen molar-refractivity contribution in [1.82, 2.24) is 5.32 Å². The van der Waals surface area contributed by atoms with E-state index in [1.54, 1.807) is 20.8 Å². The summed E-state index contributed by atoms with van der Waals surface area (Å²) in [5, 5.41) is 2.66. The van der Waals surface area contributed by atoms with Crippen molar-refractivity contribution < 1.29 is 19.1 Å². The molecular weight excluding hydrogens is 210 g/mol. The maximum absolute atomic E-state index is 11.5. The Morgan fingerprint density at radius 1 is 1.38 bits per heavy atom. The minimum Gasteiger partial charge on any atom is -0.444 e. The van der Waals surface area contributed by atoms with Crippen molar-refractivity contribution in [3.63, 3.8) is 0 Å². The third-order valence-corrected chi connectivity index (χ3v) is 2.19. The molecule has 1 amide bonds. The molecule has 92 valence electrons. The van der Waals surface area contributed by atoms with Gasteiger partial charge in [0.2, 0.25) is 0 Å². The fourth-order valence-electron chi connectivity index (χ4n) is 1.60. The summed E-state index contributed by atoms with van der Waals surface area (Å²) in [7, 11) is 0. The molecule has 5 heteroatoms. The molecule has 0 aromatic heterocycles. The van der Waals surface area contributed by atoms with E-state index >= 15 is 0 Å². The maximum atomic E-state index is 11.5. The number of amides is 1. The highest BCUT2D eigenvalue weighted by atomic mass is 16.6. The second-order valence-corrected chi connectivity index (χ2v) is 4.94. The van der Waals surface area contributed by atoms with Crippen molar-refractivity contribution in [3.8, 4) is 0 Å². The van der Waals surface area contributed by atoms with Gasteiger partial charge in [-0.05, 0) is 34.1 Å². The number of ether oxygens (including phenoxy) is 2. The molecule has 2 atom stereocenters. The highest BCUT2D eigenvalue weighted by Gasteiger charge is 2.33. The lowest BCUT2D eigenvalue weighted by molar-refractivity contribution is -0.126. The van der Waals surface area contributed by atoms with Gasteiger partial charge >= 0.3 is 6.09 Å². The molecule has 0 saturated carbocycles. The van der Waals surface area contributed by atoms with Crippen LogP contribution in [0, 0.1) is 0 Å². The van der Waals surface area contributed by atoms with Crippen molar-refractivity contribution >= 4 is 11.9 Å². The van der Waals surface area contributed by atoms with Gasteiger partial charge in [0.05, 0.1) is 6.04 Å². The van der Waals surface area contributed by atoms with Crippen LogP contribution in [0.5, 0.6) is 0 Å². The molecule has 0 radical (unpaired) electrons. The maximum Gasteiger partial charge on any atom is 0.407 e. The number of alkyl carbamates (subject to hydrolysis) is 1. The number of carbonyl (C=O) groups is 2. The van der Waals surface area contributed by atoms with E-state index in [0.29, 0.717) is 13.0 Å². The van der Waals surface area contributed by atoms with Gasteiger partial charge in [-0.2, -0.15) is 0 Å². The summed E-state index contributed by atoms with van der Waals surface area (Å²) < 4.78 is 10.3. The molecule has 0 aliphatic carbocycles. The summed E-state index contributed by atoms with van der Waals surface area (Å²) in [5.74, 6) is -0.0708. The van der Waals surface area contributed by atoms with Gasteiger partial charge < -0.3 is 14.8 Å². The van der Waals surface area contributed by atoms with Crippen LogP contribution in [-0.4, -0.2) is 36.2 Å². The third kappa shape index (κ3) is 3.81. The van der Waals surface area contributed by atoms with Gasteiger partial charge in [0.1, 0.15) is 11.7 Å². The van der Waals surface area contributed by atoms with Crippen LogP contribution in [-0.2, 0) is 14.3 Å². The molecule has 5 nitrogen and oxygen atoms in total. The van der Waals surface area contributed by atoms with E-state index in [1.165, 1.54) is 6.92 Å². The van der Waals surface area contributed by atoms with Crippen molar-refractivity contribution in [2.45, 2.75) is 51.9 Å². The summed E-state index contributed by atoms with van der Waals surface area (Å²) in [6, 6.07) is -0.271. The van der Waals surface area contributed by atoms with Crippen molar-refractivity contribution in [2.75, 3.05) is 6.61 Å². The number of Topliss-reactive ketones (excluding diaryl/α,β-unsaturated/α-hetero) is 1. The largest absolute Gasteiger partial charge is 0.444 e. The van der Waals surface area contributed by atoms with E-state index in [2.05, 4.69) is 5.32 Å². The third-order valence-electron chi connectivity index (χ3n) is 2.19. The number of hydrogen-bond acceptors (Lipinski definition) is 4. The van der Waals surface area contributed by atoms with E-state index in [4.69, 9.17) is 9.47 Å². The lowest BCUT2D eigenvalue weighted by Gasteiger charge is -2.23. The van der Waals surface area contributed by atoms with Crippen LogP contribution in [0.1, 0.15) is 34.1 Å². The Hall–Kier alpha value is -1.10. The van der Waals surface area contributed by atoms with Crippen molar-refractivity contribution in [2.24, 2.45) is 0 Å². The van der Waals surface area contributed by atoms with Crippen molar-refractivity contribution in [1.29, 1.82) is 0 Å². The molecule has 1 aliphatic heterocycles. The lowest BCUT2D eigenvalue weighted by Crippen LogP contribution is -2.45. The minimum absolute atomic E-state index is 0.0708. The molecule has 1 aliphatic rings. The molecule has 0 aromatic carbocycles. The molecule has 1 heterocycles. The van der Waals surface area contributed by atoms with E-state index in [-0.39, 0.29) is 11.8 Å².